The summed E-state index contributed by atoms with van der Waals surface area (Å²) in [6.45, 7) is 5.54. The summed E-state index contributed by atoms with van der Waals surface area (Å²) >= 11 is 0. The Bertz CT molecular complexity index is 192. The first-order valence-corrected chi connectivity index (χ1v) is 7.38. The fraction of sp³-hybridized carbons (Fsp3) is 0.929. The van der Waals surface area contributed by atoms with Crippen molar-refractivity contribution in [3.05, 3.63) is 0 Å². The van der Waals surface area contributed by atoms with Crippen molar-refractivity contribution in [3.63, 3.8) is 0 Å². The Hall–Kier alpha value is 0.390. The van der Waals surface area contributed by atoms with E-state index in [1.165, 1.54) is 44.9 Å². The van der Waals surface area contributed by atoms with Gasteiger partial charge >= 0.3 is 29.6 Å². The molecule has 0 aliphatic heterocycles. The molecule has 0 aliphatic carbocycles. The largest absolute Gasteiger partial charge is 1.00 e. The molecule has 0 radical (unpaired) electrons. The first kappa shape index (κ1) is 21.7. The molecule has 0 bridgehead atoms. The average molecular weight is 280 g/mol. The summed E-state index contributed by atoms with van der Waals surface area (Å²) in [5.74, 6) is -0.987. The molecule has 0 saturated carbocycles. The quantitative estimate of drug-likeness (QED) is 0.287. The summed E-state index contributed by atoms with van der Waals surface area (Å²) in [6.07, 6.45) is 9.44. The molecule has 0 aromatic rings. The monoisotopic (exact) mass is 280 g/mol. The molecule has 0 aromatic heterocycles. The minimum Gasteiger partial charge on any atom is -0.550 e. The van der Waals surface area contributed by atoms with Gasteiger partial charge in [0.15, 0.2) is 0 Å². The van der Waals surface area contributed by atoms with E-state index in [9.17, 15) is 9.90 Å². The second-order valence-electron chi connectivity index (χ2n) is 4.74. The van der Waals surface area contributed by atoms with Crippen molar-refractivity contribution in [2.45, 2.75) is 58.3 Å². The Morgan fingerprint density at radius 2 is 1.37 bits per heavy atom. The summed E-state index contributed by atoms with van der Waals surface area (Å²) < 4.78 is 0. The summed E-state index contributed by atoms with van der Waals surface area (Å²) in [6, 6.07) is 0. The van der Waals surface area contributed by atoms with Crippen LogP contribution in [0.1, 0.15) is 58.3 Å². The third-order valence-electron chi connectivity index (χ3n) is 2.94. The Kier molecular flexibility index (Phi) is 21.0. The van der Waals surface area contributed by atoms with Gasteiger partial charge in [0.25, 0.3) is 0 Å². The van der Waals surface area contributed by atoms with Gasteiger partial charge in [-0.3, -0.25) is 0 Å². The van der Waals surface area contributed by atoms with Gasteiger partial charge in [-0.05, 0) is 19.4 Å². The number of unbranched alkanes of at least 4 members (excludes halogenated alkanes) is 6. The van der Waals surface area contributed by atoms with Gasteiger partial charge < -0.3 is 20.5 Å². The van der Waals surface area contributed by atoms with E-state index in [0.29, 0.717) is 6.54 Å². The number of rotatable bonds is 14. The van der Waals surface area contributed by atoms with Crippen LogP contribution in [0.4, 0.5) is 0 Å². The molecule has 0 fully saturated rings. The van der Waals surface area contributed by atoms with Crippen LogP contribution in [0.3, 0.4) is 0 Å². The number of carboxylic acids is 1. The Balaban J connectivity index is 0. The zero-order valence-electron chi connectivity index (χ0n) is 12.8. The molecule has 0 amide bonds. The van der Waals surface area contributed by atoms with Gasteiger partial charge in [-0.1, -0.05) is 45.4 Å². The molecule has 0 aromatic carbocycles. The Labute approximate surface area is 140 Å². The van der Waals surface area contributed by atoms with Crippen molar-refractivity contribution in [3.8, 4) is 0 Å². The molecule has 0 rings (SSSR count). The Morgan fingerprint density at radius 3 is 1.95 bits per heavy atom. The number of carbonyl (C=O) groups is 1. The predicted octanol–water partition coefficient (Wildman–Crippen LogP) is -1.94. The van der Waals surface area contributed by atoms with E-state index in [4.69, 9.17) is 0 Å². The molecule has 0 saturated heterocycles. The van der Waals surface area contributed by atoms with Crippen LogP contribution in [0.2, 0.25) is 0 Å². The average Bonchev–Trinajstić information content (AvgIpc) is 2.34. The maximum Gasteiger partial charge on any atom is 1.00 e. The molecule has 0 heterocycles. The molecule has 2 N–H and O–H groups in total. The molecular weight excluding hydrogens is 251 g/mol. The number of aliphatic carboxylic acids is 1. The fourth-order valence-electron chi connectivity index (χ4n) is 1.82. The standard InChI is InChI=1S/C14H30N2O2.Na/c1-2-3-4-5-6-7-8-10-15-12-13-16-11-9-14(17)18;/h15-16H,2-13H2,1H3,(H,17,18);/q;+1/p-1. The van der Waals surface area contributed by atoms with E-state index in [-0.39, 0.29) is 36.0 Å². The van der Waals surface area contributed by atoms with Crippen molar-refractivity contribution in [2.75, 3.05) is 26.2 Å². The number of carbonyl (C=O) groups excluding carboxylic acids is 1. The third kappa shape index (κ3) is 20.9. The van der Waals surface area contributed by atoms with Gasteiger partial charge in [0.05, 0.1) is 0 Å². The zero-order chi connectivity index (χ0) is 13.5. The zero-order valence-corrected chi connectivity index (χ0v) is 14.8. The summed E-state index contributed by atoms with van der Waals surface area (Å²) in [5.41, 5.74) is 0. The summed E-state index contributed by atoms with van der Waals surface area (Å²) in [7, 11) is 0. The second kappa shape index (κ2) is 18.4. The maximum absolute atomic E-state index is 10.1. The van der Waals surface area contributed by atoms with Crippen molar-refractivity contribution in [1.82, 2.24) is 10.6 Å². The molecule has 0 unspecified atom stereocenters. The van der Waals surface area contributed by atoms with Crippen molar-refractivity contribution in [1.29, 1.82) is 0 Å². The van der Waals surface area contributed by atoms with E-state index >= 15 is 0 Å². The second-order valence-corrected chi connectivity index (χ2v) is 4.74. The first-order valence-electron chi connectivity index (χ1n) is 7.38. The van der Waals surface area contributed by atoms with Crippen LogP contribution in [0, 0.1) is 0 Å². The summed E-state index contributed by atoms with van der Waals surface area (Å²) in [5, 5.41) is 16.5. The third-order valence-corrected chi connectivity index (χ3v) is 2.94. The summed E-state index contributed by atoms with van der Waals surface area (Å²) in [4.78, 5) is 10.1. The minimum absolute atomic E-state index is 0. The molecule has 0 aliphatic rings. The van der Waals surface area contributed by atoms with Crippen LogP contribution in [0.15, 0.2) is 0 Å². The number of hydrogen-bond donors (Lipinski definition) is 2. The smallest absolute Gasteiger partial charge is 0.550 e. The van der Waals surface area contributed by atoms with Crippen LogP contribution in [-0.4, -0.2) is 32.1 Å². The normalized spacial score (nSPS) is 10.2. The minimum atomic E-state index is -0.987. The van der Waals surface area contributed by atoms with Crippen LogP contribution in [0.5, 0.6) is 0 Å². The molecule has 19 heavy (non-hydrogen) atoms. The van der Waals surface area contributed by atoms with E-state index in [1.54, 1.807) is 0 Å². The van der Waals surface area contributed by atoms with Crippen LogP contribution >= 0.6 is 0 Å². The topological polar surface area (TPSA) is 64.2 Å². The molecule has 108 valence electrons. The van der Waals surface area contributed by atoms with Gasteiger partial charge in [-0.15, -0.1) is 0 Å². The van der Waals surface area contributed by atoms with Crippen LogP contribution in [0.25, 0.3) is 0 Å². The van der Waals surface area contributed by atoms with Crippen LogP contribution < -0.4 is 45.3 Å². The first-order chi connectivity index (χ1) is 8.77. The van der Waals surface area contributed by atoms with Gasteiger partial charge in [-0.25, -0.2) is 0 Å². The Morgan fingerprint density at radius 1 is 0.842 bits per heavy atom. The number of carboxylic acid groups (broad SMARTS) is 1. The van der Waals surface area contributed by atoms with Crippen molar-refractivity contribution in [2.24, 2.45) is 0 Å². The SMILES string of the molecule is CCCCCCCCCNCCNCCC(=O)[O-].[Na+]. The van der Waals surface area contributed by atoms with E-state index in [2.05, 4.69) is 17.6 Å². The molecule has 5 heteroatoms. The molecule has 0 spiro atoms. The fourth-order valence-corrected chi connectivity index (χ4v) is 1.82. The van der Waals surface area contributed by atoms with Crippen LogP contribution in [-0.2, 0) is 4.79 Å². The number of hydrogen-bond acceptors (Lipinski definition) is 4. The molecular formula is C14H29N2NaO2. The number of nitrogens with one attached hydrogen (secondary N) is 2. The van der Waals surface area contributed by atoms with Gasteiger partial charge in [0.2, 0.25) is 0 Å². The van der Waals surface area contributed by atoms with Crippen molar-refractivity contribution >= 4 is 5.97 Å². The van der Waals surface area contributed by atoms with Gasteiger partial charge in [0.1, 0.15) is 0 Å². The predicted molar refractivity (Wildman–Crippen MR) is 73.4 cm³/mol. The van der Waals surface area contributed by atoms with Crippen molar-refractivity contribution < 1.29 is 39.5 Å². The van der Waals surface area contributed by atoms with E-state index in [0.717, 1.165) is 19.6 Å². The maximum atomic E-state index is 10.1. The molecule has 4 nitrogen and oxygen atoms in total. The molecule has 0 atom stereocenters. The van der Waals surface area contributed by atoms with E-state index in [1.807, 2.05) is 0 Å². The van der Waals surface area contributed by atoms with E-state index < -0.39 is 5.97 Å². The van der Waals surface area contributed by atoms with Gasteiger partial charge in [0, 0.05) is 25.6 Å². The van der Waals surface area contributed by atoms with Gasteiger partial charge in [-0.2, -0.15) is 0 Å².